The van der Waals surface area contributed by atoms with E-state index in [1.807, 2.05) is 0 Å². The van der Waals surface area contributed by atoms with Crippen LogP contribution in [0.4, 0.5) is 35.0 Å². The lowest BCUT2D eigenvalue weighted by Gasteiger charge is -2.12. The second kappa shape index (κ2) is 8.95. The van der Waals surface area contributed by atoms with E-state index < -0.39 is 24.4 Å². The zero-order valence-electron chi connectivity index (χ0n) is 17.5. The Kier molecular flexibility index (Phi) is 6.19. The molecular weight excluding hydrogens is 480 g/mol. The molecule has 4 rings (SSSR count). The molecule has 4 aromatic rings. The molecule has 0 radical (unpaired) electrons. The minimum Gasteiger partial charge on any atom is -0.495 e. The molecule has 0 saturated heterocycles. The summed E-state index contributed by atoms with van der Waals surface area (Å²) in [6.07, 6.45) is -4.74. The van der Waals surface area contributed by atoms with Gasteiger partial charge in [0.05, 0.1) is 29.8 Å². The molecule has 4 N–H and O–H groups in total. The maximum Gasteiger partial charge on any atom is 0.449 e. The zero-order chi connectivity index (χ0) is 24.6. The van der Waals surface area contributed by atoms with Gasteiger partial charge in [0, 0.05) is 17.8 Å². The first-order chi connectivity index (χ1) is 16.1. The fourth-order valence-corrected chi connectivity index (χ4v) is 3.70. The third-order valence-electron chi connectivity index (χ3n) is 4.88. The van der Waals surface area contributed by atoms with E-state index in [2.05, 4.69) is 20.3 Å². The Hall–Kier alpha value is -3.64. The molecule has 0 atom stereocenters. The number of nitrogen functional groups attached to an aromatic ring is 1. The fourth-order valence-electron chi connectivity index (χ4n) is 3.44. The van der Waals surface area contributed by atoms with Gasteiger partial charge < -0.3 is 25.5 Å². The van der Waals surface area contributed by atoms with Gasteiger partial charge in [-0.15, -0.1) is 0 Å². The number of aromatic nitrogens is 4. The van der Waals surface area contributed by atoms with Gasteiger partial charge in [-0.2, -0.15) is 18.2 Å². The van der Waals surface area contributed by atoms with Crippen molar-refractivity contribution in [2.45, 2.75) is 12.7 Å². The van der Waals surface area contributed by atoms with Gasteiger partial charge in [-0.05, 0) is 30.3 Å². The monoisotopic (exact) mass is 496 g/mol. The zero-order valence-corrected chi connectivity index (χ0v) is 18.2. The summed E-state index contributed by atoms with van der Waals surface area (Å²) >= 11 is 6.10. The quantitative estimate of drug-likeness (QED) is 0.334. The molecule has 0 aliphatic heterocycles. The Morgan fingerprint density at radius 1 is 1.15 bits per heavy atom. The summed E-state index contributed by atoms with van der Waals surface area (Å²) in [6.45, 7) is -0.824. The van der Waals surface area contributed by atoms with E-state index in [-0.39, 0.29) is 45.6 Å². The highest BCUT2D eigenvalue weighted by Crippen LogP contribution is 2.35. The Bertz CT molecular complexity index is 1380. The van der Waals surface area contributed by atoms with Gasteiger partial charge in [0.2, 0.25) is 11.8 Å². The molecule has 2 aromatic carbocycles. The summed E-state index contributed by atoms with van der Waals surface area (Å²) in [7, 11) is 1.45. The number of aliphatic hydroxyl groups is 1. The number of hydrogen-bond donors (Lipinski definition) is 3. The predicted molar refractivity (Wildman–Crippen MR) is 119 cm³/mol. The molecule has 0 fully saturated rings. The molecule has 0 spiro atoms. The lowest BCUT2D eigenvalue weighted by atomic mass is 10.1. The second-order valence-electron chi connectivity index (χ2n) is 7.08. The number of ether oxygens (including phenoxy) is 1. The summed E-state index contributed by atoms with van der Waals surface area (Å²) in [4.78, 5) is 11.4. The van der Waals surface area contributed by atoms with Crippen molar-refractivity contribution >= 4 is 40.1 Å². The van der Waals surface area contributed by atoms with Gasteiger partial charge in [0.1, 0.15) is 11.4 Å². The molecule has 34 heavy (non-hydrogen) atoms. The van der Waals surface area contributed by atoms with Crippen LogP contribution in [0, 0.1) is 5.82 Å². The first kappa shape index (κ1) is 23.5. The van der Waals surface area contributed by atoms with E-state index in [4.69, 9.17) is 27.2 Å². The Morgan fingerprint density at radius 2 is 1.91 bits per heavy atom. The van der Waals surface area contributed by atoms with E-state index in [0.29, 0.717) is 11.4 Å². The average Bonchev–Trinajstić information content (AvgIpc) is 3.15. The van der Waals surface area contributed by atoms with Crippen molar-refractivity contribution in [1.82, 2.24) is 19.5 Å². The van der Waals surface area contributed by atoms with Crippen molar-refractivity contribution in [3.8, 4) is 17.0 Å². The molecule has 0 aliphatic carbocycles. The number of benzene rings is 2. The number of nitrogens with two attached hydrogens (primary N) is 1. The minimum absolute atomic E-state index is 0.0497. The highest BCUT2D eigenvalue weighted by molar-refractivity contribution is 6.32. The number of imidazole rings is 1. The van der Waals surface area contributed by atoms with Crippen molar-refractivity contribution in [2.75, 3.05) is 24.8 Å². The molecule has 0 amide bonds. The molecule has 13 heteroatoms. The van der Waals surface area contributed by atoms with Crippen LogP contribution in [0.15, 0.2) is 36.4 Å². The Labute approximate surface area is 195 Å². The normalized spacial score (nSPS) is 11.7. The highest BCUT2D eigenvalue weighted by atomic mass is 35.5. The van der Waals surface area contributed by atoms with Crippen molar-refractivity contribution in [1.29, 1.82) is 0 Å². The van der Waals surface area contributed by atoms with E-state index in [9.17, 15) is 13.2 Å². The lowest BCUT2D eigenvalue weighted by molar-refractivity contribution is -0.147. The number of hydrogen-bond acceptors (Lipinski definition) is 7. The molecule has 0 aliphatic rings. The van der Waals surface area contributed by atoms with Crippen LogP contribution in [-0.2, 0) is 12.7 Å². The van der Waals surface area contributed by atoms with Crippen molar-refractivity contribution < 1.29 is 27.4 Å². The van der Waals surface area contributed by atoms with Crippen LogP contribution in [0.1, 0.15) is 5.82 Å². The maximum absolute atomic E-state index is 15.3. The third kappa shape index (κ3) is 4.41. The van der Waals surface area contributed by atoms with Gasteiger partial charge in [0.25, 0.3) is 0 Å². The maximum atomic E-state index is 15.3. The van der Waals surface area contributed by atoms with Gasteiger partial charge in [0.15, 0.2) is 11.6 Å². The summed E-state index contributed by atoms with van der Waals surface area (Å²) in [5.41, 5.74) is 6.13. The number of alkyl halides is 3. The number of nitrogens with zero attached hydrogens (tertiary/aromatic N) is 4. The first-order valence-electron chi connectivity index (χ1n) is 9.74. The lowest BCUT2D eigenvalue weighted by Crippen LogP contribution is -2.16. The Morgan fingerprint density at radius 3 is 2.56 bits per heavy atom. The minimum atomic E-state index is -4.74. The smallest absolute Gasteiger partial charge is 0.449 e. The molecular formula is C21H17ClF4N6O2. The fraction of sp³-hybridized carbons (Fsp3) is 0.190. The average molecular weight is 497 g/mol. The molecule has 2 heterocycles. The van der Waals surface area contributed by atoms with Crippen LogP contribution < -0.4 is 15.8 Å². The molecule has 178 valence electrons. The number of anilines is 3. The van der Waals surface area contributed by atoms with Crippen molar-refractivity contribution in [3.05, 3.63) is 53.1 Å². The summed E-state index contributed by atoms with van der Waals surface area (Å²) in [5.74, 6) is -2.16. The largest absolute Gasteiger partial charge is 0.495 e. The molecule has 0 bridgehead atoms. The van der Waals surface area contributed by atoms with E-state index in [0.717, 1.165) is 4.57 Å². The number of fused-ring (bicyclic) bond motifs is 1. The topological polar surface area (TPSA) is 111 Å². The van der Waals surface area contributed by atoms with Crippen molar-refractivity contribution in [2.24, 2.45) is 0 Å². The van der Waals surface area contributed by atoms with Gasteiger partial charge in [-0.3, -0.25) is 0 Å². The van der Waals surface area contributed by atoms with E-state index >= 15 is 4.39 Å². The third-order valence-corrected chi connectivity index (χ3v) is 5.18. The summed E-state index contributed by atoms with van der Waals surface area (Å²) in [6, 6.07) is 8.64. The van der Waals surface area contributed by atoms with Crippen LogP contribution in [0.5, 0.6) is 5.75 Å². The number of methoxy groups -OCH3 is 1. The van der Waals surface area contributed by atoms with Gasteiger partial charge >= 0.3 is 6.18 Å². The standard InChI is InChI=1S/C21H17ClF4N6O2/c1-34-15-5-3-11(9-12(15)22)28-18-16(23)17(30-20(27)31-18)10-2-4-14-13(8-10)29-19(21(24,25)26)32(14)6-7-33/h2-5,8-9,33H,6-7H2,1H3,(H3,27,28,30,31). The number of aliphatic hydroxyl groups excluding tert-OH is 1. The Balaban J connectivity index is 1.78. The van der Waals surface area contributed by atoms with Crippen LogP contribution in [-0.4, -0.2) is 38.3 Å². The van der Waals surface area contributed by atoms with Gasteiger partial charge in [-0.1, -0.05) is 17.7 Å². The van der Waals surface area contributed by atoms with Crippen LogP contribution in [0.3, 0.4) is 0 Å². The molecule has 0 unspecified atom stereocenters. The molecule has 0 saturated carbocycles. The SMILES string of the molecule is COc1ccc(Nc2nc(N)nc(-c3ccc4c(c3)nc(C(F)(F)F)n4CCO)c2F)cc1Cl. The van der Waals surface area contributed by atoms with E-state index in [1.165, 1.54) is 31.4 Å². The van der Waals surface area contributed by atoms with Gasteiger partial charge in [-0.25, -0.2) is 14.4 Å². The van der Waals surface area contributed by atoms with Crippen molar-refractivity contribution in [3.63, 3.8) is 0 Å². The predicted octanol–water partition coefficient (Wildman–Crippen LogP) is 4.63. The summed E-state index contributed by atoms with van der Waals surface area (Å²) in [5, 5.41) is 12.2. The van der Waals surface area contributed by atoms with Crippen LogP contribution in [0.25, 0.3) is 22.3 Å². The van der Waals surface area contributed by atoms with Crippen LogP contribution >= 0.6 is 11.6 Å². The van der Waals surface area contributed by atoms with E-state index in [1.54, 1.807) is 12.1 Å². The second-order valence-corrected chi connectivity index (χ2v) is 7.49. The number of rotatable bonds is 6. The molecule has 8 nitrogen and oxygen atoms in total. The highest BCUT2D eigenvalue weighted by Gasteiger charge is 2.37. The van der Waals surface area contributed by atoms with Crippen LogP contribution in [0.2, 0.25) is 5.02 Å². The first-order valence-corrected chi connectivity index (χ1v) is 10.1. The number of nitrogens with one attached hydrogen (secondary N) is 1. The summed E-state index contributed by atoms with van der Waals surface area (Å²) < 4.78 is 61.5. The number of halogens is 5. The molecule has 2 aromatic heterocycles.